The molecule has 30 heavy (non-hydrogen) atoms. The second kappa shape index (κ2) is 10.00. The monoisotopic (exact) mass is 452 g/mol. The summed E-state index contributed by atoms with van der Waals surface area (Å²) in [5, 5.41) is 3.59. The first-order valence-corrected chi connectivity index (χ1v) is 10.3. The summed E-state index contributed by atoms with van der Waals surface area (Å²) in [5.41, 5.74) is 0.790. The molecule has 1 unspecified atom stereocenters. The highest BCUT2D eigenvalue weighted by atomic mass is 35.5. The van der Waals surface area contributed by atoms with Gasteiger partial charge in [-0.25, -0.2) is 0 Å². The lowest BCUT2D eigenvalue weighted by Crippen LogP contribution is -2.41. The molecule has 1 N–H and O–H groups in total. The van der Waals surface area contributed by atoms with Crippen LogP contribution in [0.1, 0.15) is 41.9 Å². The first-order valence-electron chi connectivity index (χ1n) is 9.59. The zero-order chi connectivity index (χ0) is 21.7. The molecule has 1 aromatic heterocycles. The Kier molecular flexibility index (Phi) is 7.39. The molecule has 3 rings (SSSR count). The highest BCUT2D eigenvalue weighted by molar-refractivity contribution is 6.42. The predicted molar refractivity (Wildman–Crippen MR) is 111 cm³/mol. The highest BCUT2D eigenvalue weighted by Gasteiger charge is 2.30. The minimum absolute atomic E-state index is 0.192. The molecule has 1 saturated heterocycles. The number of rotatable bonds is 6. The number of halogens is 2. The van der Waals surface area contributed by atoms with E-state index in [1.807, 2.05) is 0 Å². The van der Waals surface area contributed by atoms with E-state index in [4.69, 9.17) is 32.4 Å². The topological polar surface area (TPSA) is 88.9 Å². The van der Waals surface area contributed by atoms with Crippen LogP contribution in [0.3, 0.4) is 0 Å². The molecular weight excluding hydrogens is 431 g/mol. The van der Waals surface area contributed by atoms with E-state index < -0.39 is 11.9 Å². The van der Waals surface area contributed by atoms with Crippen LogP contribution in [-0.4, -0.2) is 42.4 Å². The molecule has 0 aliphatic carbocycles. The largest absolute Gasteiger partial charge is 0.459 e. The molecule has 1 aromatic carbocycles. The summed E-state index contributed by atoms with van der Waals surface area (Å²) < 4.78 is 10.3. The first kappa shape index (κ1) is 22.2. The van der Waals surface area contributed by atoms with Crippen LogP contribution in [0.5, 0.6) is 0 Å². The van der Waals surface area contributed by atoms with E-state index in [0.29, 0.717) is 36.0 Å². The highest BCUT2D eigenvalue weighted by Crippen LogP contribution is 2.25. The van der Waals surface area contributed by atoms with Gasteiger partial charge in [0.05, 0.1) is 28.3 Å². The normalized spacial score (nSPS) is 15.5. The number of hydrogen-bond acceptors (Lipinski definition) is 5. The van der Waals surface area contributed by atoms with E-state index in [0.717, 1.165) is 5.56 Å². The van der Waals surface area contributed by atoms with Gasteiger partial charge in [0, 0.05) is 13.1 Å². The van der Waals surface area contributed by atoms with E-state index in [-0.39, 0.29) is 30.2 Å². The van der Waals surface area contributed by atoms with Gasteiger partial charge in [-0.15, -0.1) is 0 Å². The van der Waals surface area contributed by atoms with Crippen LogP contribution < -0.4 is 5.32 Å². The number of carbonyl (C=O) groups excluding carboxylic acids is 3. The Hall–Kier alpha value is -2.51. The maximum atomic E-state index is 12.3. The third-order valence-corrected chi connectivity index (χ3v) is 5.75. The fourth-order valence-corrected chi connectivity index (χ4v) is 3.58. The zero-order valence-electron chi connectivity index (χ0n) is 16.4. The number of carbonyl (C=O) groups is 3. The van der Waals surface area contributed by atoms with Crippen LogP contribution in [-0.2, 0) is 14.3 Å². The van der Waals surface area contributed by atoms with Crippen molar-refractivity contribution in [1.82, 2.24) is 10.2 Å². The molecule has 0 spiro atoms. The molecule has 1 aliphatic rings. The maximum Gasteiger partial charge on any atom is 0.309 e. The Morgan fingerprint density at radius 1 is 1.20 bits per heavy atom. The smallest absolute Gasteiger partial charge is 0.309 e. The average molecular weight is 453 g/mol. The molecule has 2 amide bonds. The SMILES string of the molecule is CC(NC(=O)COC(=O)C1CCN(C(=O)c2ccco2)CC1)c1ccc(Cl)c(Cl)c1. The van der Waals surface area contributed by atoms with Crippen LogP contribution >= 0.6 is 23.2 Å². The second-order valence-corrected chi connectivity index (χ2v) is 7.93. The van der Waals surface area contributed by atoms with Gasteiger partial charge in [0.1, 0.15) is 0 Å². The van der Waals surface area contributed by atoms with Gasteiger partial charge in [-0.2, -0.15) is 0 Å². The van der Waals surface area contributed by atoms with E-state index in [2.05, 4.69) is 5.32 Å². The Balaban J connectivity index is 1.41. The van der Waals surface area contributed by atoms with E-state index in [1.165, 1.54) is 6.26 Å². The number of furan rings is 1. The van der Waals surface area contributed by atoms with Crippen LogP contribution in [0.4, 0.5) is 0 Å². The van der Waals surface area contributed by atoms with Crippen LogP contribution in [0, 0.1) is 5.92 Å². The van der Waals surface area contributed by atoms with Crippen molar-refractivity contribution in [2.45, 2.75) is 25.8 Å². The van der Waals surface area contributed by atoms with Gasteiger partial charge in [0.15, 0.2) is 12.4 Å². The minimum atomic E-state index is -0.433. The van der Waals surface area contributed by atoms with Gasteiger partial charge >= 0.3 is 5.97 Å². The molecule has 7 nitrogen and oxygen atoms in total. The van der Waals surface area contributed by atoms with Gasteiger partial charge in [0.25, 0.3) is 11.8 Å². The fraction of sp³-hybridized carbons (Fsp3) is 0.381. The quantitative estimate of drug-likeness (QED) is 0.672. The number of hydrogen-bond donors (Lipinski definition) is 1. The molecule has 1 aliphatic heterocycles. The van der Waals surface area contributed by atoms with Crippen LogP contribution in [0.25, 0.3) is 0 Å². The fourth-order valence-electron chi connectivity index (χ4n) is 3.28. The molecule has 2 aromatic rings. The average Bonchev–Trinajstić information content (AvgIpc) is 3.28. The summed E-state index contributed by atoms with van der Waals surface area (Å²) >= 11 is 11.9. The molecule has 1 atom stereocenters. The van der Waals surface area contributed by atoms with Gasteiger partial charge in [-0.1, -0.05) is 29.3 Å². The van der Waals surface area contributed by atoms with Crippen molar-refractivity contribution < 1.29 is 23.5 Å². The van der Waals surface area contributed by atoms with Crippen molar-refractivity contribution in [3.8, 4) is 0 Å². The summed E-state index contributed by atoms with van der Waals surface area (Å²) in [6, 6.07) is 8.05. The molecule has 1 fully saturated rings. The summed E-state index contributed by atoms with van der Waals surface area (Å²) in [7, 11) is 0. The lowest BCUT2D eigenvalue weighted by Gasteiger charge is -2.30. The van der Waals surface area contributed by atoms with Gasteiger partial charge in [-0.3, -0.25) is 14.4 Å². The number of piperidine rings is 1. The summed E-state index contributed by atoms with van der Waals surface area (Å²) in [6.45, 7) is 2.29. The summed E-state index contributed by atoms with van der Waals surface area (Å²) in [5.74, 6) is -1.10. The molecule has 0 saturated carbocycles. The number of esters is 1. The van der Waals surface area contributed by atoms with Crippen molar-refractivity contribution in [2.75, 3.05) is 19.7 Å². The molecule has 160 valence electrons. The molecule has 9 heteroatoms. The van der Waals surface area contributed by atoms with Gasteiger partial charge < -0.3 is 19.4 Å². The third kappa shape index (κ3) is 5.55. The number of likely N-dealkylation sites (tertiary alicyclic amines) is 1. The molecule has 0 radical (unpaired) electrons. The Bertz CT molecular complexity index is 908. The van der Waals surface area contributed by atoms with E-state index in [1.54, 1.807) is 42.2 Å². The number of amides is 2. The van der Waals surface area contributed by atoms with E-state index >= 15 is 0 Å². The molecule has 0 bridgehead atoms. The standard InChI is InChI=1S/C21H22Cl2N2O5/c1-13(15-4-5-16(22)17(23)11-15)24-19(26)12-30-21(28)14-6-8-25(9-7-14)20(27)18-3-2-10-29-18/h2-5,10-11,13-14H,6-9,12H2,1H3,(H,24,26). The Labute approximate surface area is 184 Å². The number of benzene rings is 1. The van der Waals surface area contributed by atoms with Crippen molar-refractivity contribution in [1.29, 1.82) is 0 Å². The van der Waals surface area contributed by atoms with Gasteiger partial charge in [0.2, 0.25) is 0 Å². The Morgan fingerprint density at radius 2 is 1.93 bits per heavy atom. The van der Waals surface area contributed by atoms with Crippen molar-refractivity contribution >= 4 is 41.0 Å². The predicted octanol–water partition coefficient (Wildman–Crippen LogP) is 3.86. The van der Waals surface area contributed by atoms with Crippen molar-refractivity contribution in [3.63, 3.8) is 0 Å². The second-order valence-electron chi connectivity index (χ2n) is 7.11. The Morgan fingerprint density at radius 3 is 2.57 bits per heavy atom. The lowest BCUT2D eigenvalue weighted by molar-refractivity contribution is -0.154. The molecular formula is C21H22Cl2N2O5. The first-order chi connectivity index (χ1) is 14.3. The lowest BCUT2D eigenvalue weighted by atomic mass is 9.97. The zero-order valence-corrected chi connectivity index (χ0v) is 17.9. The van der Waals surface area contributed by atoms with Crippen LogP contribution in [0.2, 0.25) is 10.0 Å². The summed E-state index contributed by atoms with van der Waals surface area (Å²) in [4.78, 5) is 38.3. The third-order valence-electron chi connectivity index (χ3n) is 5.01. The maximum absolute atomic E-state index is 12.3. The molecule has 2 heterocycles. The summed E-state index contributed by atoms with van der Waals surface area (Å²) in [6.07, 6.45) is 2.41. The number of nitrogens with zero attached hydrogens (tertiary/aromatic N) is 1. The van der Waals surface area contributed by atoms with Gasteiger partial charge in [-0.05, 0) is 49.6 Å². The minimum Gasteiger partial charge on any atom is -0.459 e. The van der Waals surface area contributed by atoms with E-state index in [9.17, 15) is 14.4 Å². The van der Waals surface area contributed by atoms with Crippen LogP contribution in [0.15, 0.2) is 41.0 Å². The number of ether oxygens (including phenoxy) is 1. The van der Waals surface area contributed by atoms with Crippen molar-refractivity contribution in [2.24, 2.45) is 5.92 Å². The van der Waals surface area contributed by atoms with Crippen molar-refractivity contribution in [3.05, 3.63) is 58.0 Å². The number of nitrogens with one attached hydrogen (secondary N) is 1.